The van der Waals surface area contributed by atoms with Gasteiger partial charge in [0.2, 0.25) is 0 Å². The van der Waals surface area contributed by atoms with Crippen LogP contribution in [0.4, 0.5) is 17.1 Å². The number of nitrogens with one attached hydrogen (secondary N) is 1. The van der Waals surface area contributed by atoms with Gasteiger partial charge >= 0.3 is 5.69 Å². The molecule has 1 N–H and O–H groups in total. The van der Waals surface area contributed by atoms with Crippen LogP contribution in [0, 0.1) is 20.2 Å². The predicted octanol–water partition coefficient (Wildman–Crippen LogP) is 4.35. The van der Waals surface area contributed by atoms with Gasteiger partial charge in [-0.1, -0.05) is 0 Å². The minimum atomic E-state index is -0.711. The SMILES string of the molecule is COc1ccc2c(=NNc3ccc([N+](=O)[O-])cc3[N+](=O)[O-])c3ccc(OC)cc3oc2c1. The second kappa shape index (κ2) is 8.22. The van der Waals surface area contributed by atoms with Crippen LogP contribution < -0.4 is 20.3 Å². The van der Waals surface area contributed by atoms with Crippen LogP contribution >= 0.6 is 0 Å². The van der Waals surface area contributed by atoms with E-state index >= 15 is 0 Å². The quantitative estimate of drug-likeness (QED) is 0.267. The number of rotatable bonds is 6. The predicted molar refractivity (Wildman–Crippen MR) is 116 cm³/mol. The third kappa shape index (κ3) is 3.74. The van der Waals surface area contributed by atoms with E-state index < -0.39 is 21.2 Å². The van der Waals surface area contributed by atoms with E-state index in [1.165, 1.54) is 20.3 Å². The van der Waals surface area contributed by atoms with E-state index in [-0.39, 0.29) is 5.69 Å². The first-order valence-corrected chi connectivity index (χ1v) is 9.22. The number of hydrogen-bond acceptors (Lipinski definition) is 9. The summed E-state index contributed by atoms with van der Waals surface area (Å²) in [7, 11) is 3.07. The summed E-state index contributed by atoms with van der Waals surface area (Å²) >= 11 is 0. The number of anilines is 1. The molecule has 11 nitrogen and oxygen atoms in total. The number of nitrogens with zero attached hydrogens (tertiary/aromatic N) is 3. The maximum Gasteiger partial charge on any atom is 0.301 e. The van der Waals surface area contributed by atoms with Gasteiger partial charge in [0.15, 0.2) is 0 Å². The number of nitro groups is 2. The molecule has 1 aromatic heterocycles. The van der Waals surface area contributed by atoms with E-state index in [0.29, 0.717) is 38.8 Å². The molecule has 11 heteroatoms. The van der Waals surface area contributed by atoms with Gasteiger partial charge in [-0.15, -0.1) is 0 Å². The van der Waals surface area contributed by atoms with Gasteiger partial charge in [-0.05, 0) is 30.3 Å². The van der Waals surface area contributed by atoms with Gasteiger partial charge in [-0.25, -0.2) is 0 Å². The largest absolute Gasteiger partial charge is 0.497 e. The molecule has 1 heterocycles. The zero-order valence-electron chi connectivity index (χ0n) is 16.9. The van der Waals surface area contributed by atoms with Crippen LogP contribution in [0.3, 0.4) is 0 Å². The van der Waals surface area contributed by atoms with Gasteiger partial charge in [0, 0.05) is 29.0 Å². The Morgan fingerprint density at radius 1 is 0.844 bits per heavy atom. The third-order valence-electron chi connectivity index (χ3n) is 4.78. The second-order valence-corrected chi connectivity index (χ2v) is 6.61. The van der Waals surface area contributed by atoms with E-state index in [1.807, 2.05) is 0 Å². The lowest BCUT2D eigenvalue weighted by atomic mass is 10.1. The van der Waals surface area contributed by atoms with E-state index in [1.54, 1.807) is 36.4 Å². The first-order valence-electron chi connectivity index (χ1n) is 9.22. The summed E-state index contributed by atoms with van der Waals surface area (Å²) in [5.41, 5.74) is 2.77. The number of non-ortho nitro benzene ring substituents is 1. The van der Waals surface area contributed by atoms with E-state index in [9.17, 15) is 20.2 Å². The Hall–Kier alpha value is -4.67. The highest BCUT2D eigenvalue weighted by molar-refractivity contribution is 5.90. The van der Waals surface area contributed by atoms with E-state index in [0.717, 1.165) is 12.1 Å². The molecule has 4 aromatic rings. The smallest absolute Gasteiger partial charge is 0.301 e. The van der Waals surface area contributed by atoms with E-state index in [4.69, 9.17) is 13.9 Å². The molecule has 0 radical (unpaired) electrons. The zero-order valence-corrected chi connectivity index (χ0v) is 16.9. The average molecular weight is 436 g/mol. The fourth-order valence-electron chi connectivity index (χ4n) is 3.20. The monoisotopic (exact) mass is 436 g/mol. The molecule has 0 bridgehead atoms. The maximum absolute atomic E-state index is 11.4. The van der Waals surface area contributed by atoms with Crippen molar-refractivity contribution in [3.8, 4) is 11.5 Å². The first-order chi connectivity index (χ1) is 15.4. The summed E-state index contributed by atoms with van der Waals surface area (Å²) < 4.78 is 16.5. The summed E-state index contributed by atoms with van der Waals surface area (Å²) in [6.45, 7) is 0. The van der Waals surface area contributed by atoms with Gasteiger partial charge in [-0.3, -0.25) is 25.7 Å². The molecular weight excluding hydrogens is 420 g/mol. The lowest BCUT2D eigenvalue weighted by molar-refractivity contribution is -0.393. The third-order valence-corrected chi connectivity index (χ3v) is 4.78. The minimum absolute atomic E-state index is 0.00437. The Morgan fingerprint density at radius 2 is 1.44 bits per heavy atom. The molecule has 0 spiro atoms. The minimum Gasteiger partial charge on any atom is -0.497 e. The molecule has 0 saturated heterocycles. The van der Waals surface area contributed by atoms with Gasteiger partial charge in [0.1, 0.15) is 33.7 Å². The van der Waals surface area contributed by atoms with Crippen LogP contribution in [0.2, 0.25) is 0 Å². The first kappa shape index (κ1) is 20.6. The van der Waals surface area contributed by atoms with Crippen molar-refractivity contribution in [2.75, 3.05) is 19.6 Å². The molecule has 0 aliphatic rings. The molecule has 0 fully saturated rings. The van der Waals surface area contributed by atoms with Crippen molar-refractivity contribution in [1.29, 1.82) is 0 Å². The van der Waals surface area contributed by atoms with Gasteiger partial charge in [-0.2, -0.15) is 5.10 Å². The molecule has 3 aromatic carbocycles. The molecule has 32 heavy (non-hydrogen) atoms. The molecular formula is C21H16N4O7. The lowest BCUT2D eigenvalue weighted by Crippen LogP contribution is -2.09. The van der Waals surface area contributed by atoms with Crippen LogP contribution in [-0.4, -0.2) is 24.1 Å². The normalized spacial score (nSPS) is 10.7. The Balaban J connectivity index is 1.94. The molecule has 0 saturated carbocycles. The molecule has 0 amide bonds. The van der Waals surface area contributed by atoms with Crippen molar-refractivity contribution in [2.24, 2.45) is 5.10 Å². The van der Waals surface area contributed by atoms with Crippen LogP contribution in [0.5, 0.6) is 11.5 Å². The van der Waals surface area contributed by atoms with E-state index in [2.05, 4.69) is 10.5 Å². The Bertz CT molecular complexity index is 1380. The number of fused-ring (bicyclic) bond motifs is 2. The molecule has 0 aliphatic heterocycles. The van der Waals surface area contributed by atoms with Gasteiger partial charge in [0.05, 0.1) is 30.1 Å². The van der Waals surface area contributed by atoms with Crippen LogP contribution in [0.1, 0.15) is 0 Å². The summed E-state index contributed by atoms with van der Waals surface area (Å²) in [6, 6.07) is 13.7. The average Bonchev–Trinajstić information content (AvgIpc) is 2.80. The lowest BCUT2D eigenvalue weighted by Gasteiger charge is -2.08. The molecule has 0 unspecified atom stereocenters. The summed E-state index contributed by atoms with van der Waals surface area (Å²) in [5.74, 6) is 1.15. The van der Waals surface area contributed by atoms with Crippen molar-refractivity contribution in [1.82, 2.24) is 0 Å². The fourth-order valence-corrected chi connectivity index (χ4v) is 3.20. The van der Waals surface area contributed by atoms with Crippen molar-refractivity contribution < 1.29 is 23.7 Å². The fraction of sp³-hybridized carbons (Fsp3) is 0.0952. The zero-order chi connectivity index (χ0) is 22.8. The molecule has 0 atom stereocenters. The maximum atomic E-state index is 11.4. The van der Waals surface area contributed by atoms with Crippen LogP contribution in [0.15, 0.2) is 64.1 Å². The van der Waals surface area contributed by atoms with Crippen molar-refractivity contribution in [3.63, 3.8) is 0 Å². The highest BCUT2D eigenvalue weighted by Crippen LogP contribution is 2.29. The Morgan fingerprint density at radius 3 is 1.94 bits per heavy atom. The number of nitro benzene ring substituents is 2. The highest BCUT2D eigenvalue weighted by Gasteiger charge is 2.19. The van der Waals surface area contributed by atoms with Crippen molar-refractivity contribution in [3.05, 3.63) is 80.2 Å². The summed E-state index contributed by atoms with van der Waals surface area (Å²) in [5, 5.41) is 28.5. The number of ether oxygens (including phenoxy) is 2. The molecule has 4 rings (SSSR count). The number of benzene rings is 3. The van der Waals surface area contributed by atoms with Gasteiger partial charge in [0.25, 0.3) is 5.69 Å². The standard InChI is InChI=1S/C21H16N4O7/c1-30-13-4-6-15-19(10-13)32-20-11-14(31-2)5-7-16(20)21(15)23-22-17-8-3-12(24(26)27)9-18(17)25(28)29/h3-11,22H,1-2H3. The van der Waals surface area contributed by atoms with Crippen LogP contribution in [0.25, 0.3) is 21.9 Å². The highest BCUT2D eigenvalue weighted by atomic mass is 16.6. The summed E-state index contributed by atoms with van der Waals surface area (Å²) in [4.78, 5) is 21.0. The topological polar surface area (TPSA) is 142 Å². The Kier molecular flexibility index (Phi) is 5.29. The second-order valence-electron chi connectivity index (χ2n) is 6.61. The number of methoxy groups -OCH3 is 2. The molecule has 0 aliphatic carbocycles. The van der Waals surface area contributed by atoms with Gasteiger partial charge < -0.3 is 13.9 Å². The summed E-state index contributed by atoms with van der Waals surface area (Å²) in [6.07, 6.45) is 0. The number of hydrogen-bond donors (Lipinski definition) is 1. The Labute approximate surface area is 179 Å². The van der Waals surface area contributed by atoms with Crippen molar-refractivity contribution >= 4 is 39.0 Å². The molecule has 162 valence electrons. The van der Waals surface area contributed by atoms with Crippen molar-refractivity contribution in [2.45, 2.75) is 0 Å². The van der Waals surface area contributed by atoms with Crippen LogP contribution in [-0.2, 0) is 0 Å².